The van der Waals surface area contributed by atoms with E-state index in [0.29, 0.717) is 23.8 Å². The minimum absolute atomic E-state index is 0.127. The van der Waals surface area contributed by atoms with Gasteiger partial charge in [0.1, 0.15) is 5.75 Å². The predicted molar refractivity (Wildman–Crippen MR) is 87.2 cm³/mol. The molecule has 0 spiro atoms. The van der Waals surface area contributed by atoms with Crippen molar-refractivity contribution in [3.8, 4) is 17.1 Å². The Morgan fingerprint density at radius 2 is 2.30 bits per heavy atom. The highest BCUT2D eigenvalue weighted by Crippen LogP contribution is 2.25. The van der Waals surface area contributed by atoms with Crippen molar-refractivity contribution in [2.75, 3.05) is 20.2 Å². The van der Waals surface area contributed by atoms with Crippen LogP contribution in [0.3, 0.4) is 0 Å². The molecule has 1 unspecified atom stereocenters. The van der Waals surface area contributed by atoms with E-state index in [2.05, 4.69) is 12.1 Å². The third-order valence-corrected chi connectivity index (χ3v) is 4.26. The average molecular weight is 314 g/mol. The molecule has 0 radical (unpaired) electrons. The van der Waals surface area contributed by atoms with Crippen molar-refractivity contribution in [2.45, 2.75) is 26.2 Å². The van der Waals surface area contributed by atoms with Crippen LogP contribution < -0.4 is 4.74 Å². The van der Waals surface area contributed by atoms with Gasteiger partial charge in [-0.15, -0.1) is 0 Å². The fourth-order valence-corrected chi connectivity index (χ4v) is 2.99. The Bertz CT molecular complexity index is 680. The van der Waals surface area contributed by atoms with Crippen molar-refractivity contribution >= 4 is 5.91 Å². The normalized spacial score (nSPS) is 18.0. The SMILES string of the molecule is COc1cccc(-c2cc(CC(=O)N3CCCC(C)C3)no2)c1. The molecular weight excluding hydrogens is 292 g/mol. The van der Waals surface area contributed by atoms with Crippen LogP contribution in [0.2, 0.25) is 0 Å². The third-order valence-electron chi connectivity index (χ3n) is 4.26. The summed E-state index contributed by atoms with van der Waals surface area (Å²) in [6.07, 6.45) is 2.58. The molecule has 1 atom stereocenters. The summed E-state index contributed by atoms with van der Waals surface area (Å²) in [6, 6.07) is 9.43. The van der Waals surface area contributed by atoms with Crippen LogP contribution in [0.25, 0.3) is 11.3 Å². The standard InChI is InChI=1S/C18H22N2O3/c1-13-5-4-8-20(12-13)18(21)11-15-10-17(23-19-15)14-6-3-7-16(9-14)22-2/h3,6-7,9-10,13H,4-5,8,11-12H2,1-2H3. The summed E-state index contributed by atoms with van der Waals surface area (Å²) in [7, 11) is 1.63. The smallest absolute Gasteiger partial charge is 0.228 e. The first-order valence-corrected chi connectivity index (χ1v) is 8.03. The lowest BCUT2D eigenvalue weighted by atomic mass is 10.00. The lowest BCUT2D eigenvalue weighted by molar-refractivity contribution is -0.132. The van der Waals surface area contributed by atoms with E-state index in [0.717, 1.165) is 30.8 Å². The zero-order valence-electron chi connectivity index (χ0n) is 13.6. The second-order valence-electron chi connectivity index (χ2n) is 6.18. The zero-order valence-corrected chi connectivity index (χ0v) is 13.6. The van der Waals surface area contributed by atoms with E-state index in [1.807, 2.05) is 35.2 Å². The Morgan fingerprint density at radius 1 is 1.43 bits per heavy atom. The highest BCUT2D eigenvalue weighted by Gasteiger charge is 2.22. The lowest BCUT2D eigenvalue weighted by Gasteiger charge is -2.30. The maximum atomic E-state index is 12.4. The monoisotopic (exact) mass is 314 g/mol. The number of ether oxygens (including phenoxy) is 1. The number of amides is 1. The van der Waals surface area contributed by atoms with Gasteiger partial charge in [0.2, 0.25) is 5.91 Å². The fraction of sp³-hybridized carbons (Fsp3) is 0.444. The number of methoxy groups -OCH3 is 1. The third kappa shape index (κ3) is 3.73. The van der Waals surface area contributed by atoms with Crippen LogP contribution in [0.1, 0.15) is 25.5 Å². The minimum Gasteiger partial charge on any atom is -0.497 e. The Kier molecular flexibility index (Phi) is 4.65. The molecule has 1 aromatic heterocycles. The first-order chi connectivity index (χ1) is 11.2. The second-order valence-corrected chi connectivity index (χ2v) is 6.18. The number of hydrogen-bond donors (Lipinski definition) is 0. The van der Waals surface area contributed by atoms with Crippen LogP contribution in [-0.2, 0) is 11.2 Å². The molecule has 0 saturated carbocycles. The van der Waals surface area contributed by atoms with Crippen LogP contribution in [-0.4, -0.2) is 36.2 Å². The molecule has 1 amide bonds. The Balaban J connectivity index is 1.68. The van der Waals surface area contributed by atoms with Crippen molar-refractivity contribution in [3.05, 3.63) is 36.0 Å². The first kappa shape index (κ1) is 15.6. The minimum atomic E-state index is 0.127. The molecular formula is C18H22N2O3. The van der Waals surface area contributed by atoms with Crippen molar-refractivity contribution in [1.29, 1.82) is 0 Å². The van der Waals surface area contributed by atoms with Gasteiger partial charge in [-0.3, -0.25) is 4.79 Å². The van der Waals surface area contributed by atoms with Crippen molar-refractivity contribution < 1.29 is 14.1 Å². The molecule has 2 heterocycles. The summed E-state index contributed by atoms with van der Waals surface area (Å²) in [4.78, 5) is 14.3. The molecule has 1 aromatic carbocycles. The van der Waals surface area contributed by atoms with Crippen LogP contribution in [0.4, 0.5) is 0 Å². The molecule has 1 saturated heterocycles. The molecule has 1 fully saturated rings. The summed E-state index contributed by atoms with van der Waals surface area (Å²) < 4.78 is 10.6. The van der Waals surface area contributed by atoms with Gasteiger partial charge in [-0.1, -0.05) is 24.2 Å². The van der Waals surface area contributed by atoms with Gasteiger partial charge in [-0.25, -0.2) is 0 Å². The summed E-state index contributed by atoms with van der Waals surface area (Å²) in [6.45, 7) is 3.89. The van der Waals surface area contributed by atoms with Gasteiger partial charge >= 0.3 is 0 Å². The summed E-state index contributed by atoms with van der Waals surface area (Å²) >= 11 is 0. The second kappa shape index (κ2) is 6.86. The zero-order chi connectivity index (χ0) is 16.2. The molecule has 0 N–H and O–H groups in total. The van der Waals surface area contributed by atoms with Crippen molar-refractivity contribution in [3.63, 3.8) is 0 Å². The molecule has 5 heteroatoms. The quantitative estimate of drug-likeness (QED) is 0.870. The van der Waals surface area contributed by atoms with Crippen LogP contribution in [0.15, 0.2) is 34.9 Å². The number of nitrogens with zero attached hydrogens (tertiary/aromatic N) is 2. The van der Waals surface area contributed by atoms with E-state index < -0.39 is 0 Å². The maximum Gasteiger partial charge on any atom is 0.228 e. The van der Waals surface area contributed by atoms with Crippen LogP contribution >= 0.6 is 0 Å². The largest absolute Gasteiger partial charge is 0.497 e. The molecule has 2 aromatic rings. The number of hydrogen-bond acceptors (Lipinski definition) is 4. The van der Waals surface area contributed by atoms with E-state index >= 15 is 0 Å². The molecule has 1 aliphatic heterocycles. The van der Waals surface area contributed by atoms with E-state index in [-0.39, 0.29) is 5.91 Å². The van der Waals surface area contributed by atoms with E-state index in [9.17, 15) is 4.79 Å². The molecule has 0 bridgehead atoms. The van der Waals surface area contributed by atoms with Crippen LogP contribution in [0.5, 0.6) is 5.75 Å². The summed E-state index contributed by atoms with van der Waals surface area (Å²) in [5.74, 6) is 2.12. The molecule has 5 nitrogen and oxygen atoms in total. The molecule has 0 aliphatic carbocycles. The number of likely N-dealkylation sites (tertiary alicyclic amines) is 1. The number of piperidine rings is 1. The van der Waals surface area contributed by atoms with Crippen LogP contribution in [0, 0.1) is 5.92 Å². The van der Waals surface area contributed by atoms with Gasteiger partial charge in [-0.2, -0.15) is 0 Å². The van der Waals surface area contributed by atoms with E-state index in [1.54, 1.807) is 7.11 Å². The van der Waals surface area contributed by atoms with Gasteiger partial charge in [0, 0.05) is 24.7 Å². The highest BCUT2D eigenvalue weighted by atomic mass is 16.5. The Morgan fingerprint density at radius 3 is 3.09 bits per heavy atom. The van der Waals surface area contributed by atoms with Gasteiger partial charge in [-0.05, 0) is 30.9 Å². The molecule has 23 heavy (non-hydrogen) atoms. The molecule has 3 rings (SSSR count). The Labute approximate surface area is 136 Å². The molecule has 122 valence electrons. The van der Waals surface area contributed by atoms with Gasteiger partial charge in [0.15, 0.2) is 5.76 Å². The molecule has 1 aliphatic rings. The van der Waals surface area contributed by atoms with E-state index in [4.69, 9.17) is 9.26 Å². The van der Waals surface area contributed by atoms with Crippen molar-refractivity contribution in [1.82, 2.24) is 10.1 Å². The maximum absolute atomic E-state index is 12.4. The average Bonchev–Trinajstić information content (AvgIpc) is 3.03. The van der Waals surface area contributed by atoms with Crippen molar-refractivity contribution in [2.24, 2.45) is 5.92 Å². The number of carbonyl (C=O) groups is 1. The van der Waals surface area contributed by atoms with Gasteiger partial charge < -0.3 is 14.2 Å². The predicted octanol–water partition coefficient (Wildman–Crippen LogP) is 3.15. The summed E-state index contributed by atoms with van der Waals surface area (Å²) in [5, 5.41) is 4.04. The first-order valence-electron chi connectivity index (χ1n) is 8.03. The highest BCUT2D eigenvalue weighted by molar-refractivity contribution is 5.78. The Hall–Kier alpha value is -2.30. The lowest BCUT2D eigenvalue weighted by Crippen LogP contribution is -2.39. The topological polar surface area (TPSA) is 55.6 Å². The number of benzene rings is 1. The van der Waals surface area contributed by atoms with Gasteiger partial charge in [0.05, 0.1) is 19.2 Å². The summed E-state index contributed by atoms with van der Waals surface area (Å²) in [5.41, 5.74) is 1.56. The van der Waals surface area contributed by atoms with E-state index in [1.165, 1.54) is 6.42 Å². The van der Waals surface area contributed by atoms with Gasteiger partial charge in [0.25, 0.3) is 0 Å². The fourth-order valence-electron chi connectivity index (χ4n) is 2.99. The number of rotatable bonds is 4. The number of aromatic nitrogens is 1. The number of carbonyl (C=O) groups excluding carboxylic acids is 1.